The van der Waals surface area contributed by atoms with Crippen LogP contribution >= 0.6 is 11.6 Å². The summed E-state index contributed by atoms with van der Waals surface area (Å²) in [6, 6.07) is 6.92. The third-order valence-electron chi connectivity index (χ3n) is 1.54. The van der Waals surface area contributed by atoms with Crippen LogP contribution in [-0.4, -0.2) is 12.0 Å². The molecule has 2 N–H and O–H groups in total. The fourth-order valence-electron chi connectivity index (χ4n) is 0.789. The van der Waals surface area contributed by atoms with E-state index in [0.717, 1.165) is 0 Å². The van der Waals surface area contributed by atoms with Crippen LogP contribution in [0.3, 0.4) is 0 Å². The van der Waals surface area contributed by atoms with E-state index < -0.39 is 12.0 Å². The highest BCUT2D eigenvalue weighted by molar-refractivity contribution is 6.32. The molecule has 1 unspecified atom stereocenters. The minimum atomic E-state index is -0.667. The number of carbonyl (C=O) groups is 1. The molecule has 1 atom stereocenters. The van der Waals surface area contributed by atoms with Crippen LogP contribution in [0.2, 0.25) is 5.02 Å². The van der Waals surface area contributed by atoms with E-state index in [-0.39, 0.29) is 0 Å². The number of halogens is 1. The molecule has 4 heteroatoms. The first-order chi connectivity index (χ1) is 6.11. The highest BCUT2D eigenvalue weighted by Crippen LogP contribution is 2.23. The number of nitrogens with two attached hydrogens (primary N) is 1. The zero-order chi connectivity index (χ0) is 9.84. The lowest BCUT2D eigenvalue weighted by Crippen LogP contribution is -2.30. The molecule has 0 radical (unpaired) electrons. The number of rotatable bonds is 3. The monoisotopic (exact) mass is 199 g/mol. The van der Waals surface area contributed by atoms with Gasteiger partial charge in [-0.3, -0.25) is 4.79 Å². The molecule has 0 saturated heterocycles. The summed E-state index contributed by atoms with van der Waals surface area (Å²) in [5.74, 6) is -0.0459. The lowest BCUT2D eigenvalue weighted by Gasteiger charge is -2.11. The first-order valence-electron chi connectivity index (χ1n) is 3.81. The highest BCUT2D eigenvalue weighted by atomic mass is 35.5. The van der Waals surface area contributed by atoms with E-state index in [9.17, 15) is 4.79 Å². The van der Waals surface area contributed by atoms with E-state index in [0.29, 0.717) is 10.8 Å². The molecule has 13 heavy (non-hydrogen) atoms. The van der Waals surface area contributed by atoms with E-state index in [4.69, 9.17) is 22.1 Å². The van der Waals surface area contributed by atoms with Crippen LogP contribution in [0, 0.1) is 0 Å². The standard InChI is InChI=1S/C9H10ClNO2/c1-6(9(11)12)13-8-5-3-2-4-7(8)10/h2-6H,1H3,(H2,11,12). The van der Waals surface area contributed by atoms with Gasteiger partial charge in [-0.1, -0.05) is 23.7 Å². The van der Waals surface area contributed by atoms with Gasteiger partial charge in [-0.25, -0.2) is 0 Å². The molecule has 1 amide bonds. The van der Waals surface area contributed by atoms with Crippen molar-refractivity contribution in [3.8, 4) is 5.75 Å². The number of hydrogen-bond donors (Lipinski definition) is 1. The Morgan fingerprint density at radius 1 is 1.54 bits per heavy atom. The van der Waals surface area contributed by atoms with Crippen molar-refractivity contribution in [3.63, 3.8) is 0 Å². The van der Waals surface area contributed by atoms with Gasteiger partial charge in [0.2, 0.25) is 0 Å². The third kappa shape index (κ3) is 2.63. The zero-order valence-corrected chi connectivity index (χ0v) is 7.91. The number of benzene rings is 1. The minimum Gasteiger partial charge on any atom is -0.479 e. The van der Waals surface area contributed by atoms with E-state index in [1.165, 1.54) is 0 Å². The lowest BCUT2D eigenvalue weighted by molar-refractivity contribution is -0.123. The van der Waals surface area contributed by atoms with Gasteiger partial charge in [0, 0.05) is 0 Å². The summed E-state index contributed by atoms with van der Waals surface area (Å²) in [6.45, 7) is 1.58. The van der Waals surface area contributed by atoms with Crippen molar-refractivity contribution in [2.45, 2.75) is 13.0 Å². The summed E-state index contributed by atoms with van der Waals surface area (Å²) in [5, 5.41) is 0.468. The zero-order valence-electron chi connectivity index (χ0n) is 7.16. The SMILES string of the molecule is CC(Oc1ccccc1Cl)C(N)=O. The van der Waals surface area contributed by atoms with Crippen LogP contribution in [-0.2, 0) is 4.79 Å². The van der Waals surface area contributed by atoms with Gasteiger partial charge in [0.1, 0.15) is 5.75 Å². The van der Waals surface area contributed by atoms with Crippen molar-refractivity contribution in [1.29, 1.82) is 0 Å². The summed E-state index contributed by atoms with van der Waals surface area (Å²) in [5.41, 5.74) is 5.03. The molecule has 1 aromatic carbocycles. The molecular formula is C9H10ClNO2. The largest absolute Gasteiger partial charge is 0.479 e. The van der Waals surface area contributed by atoms with Crippen LogP contribution in [0.4, 0.5) is 0 Å². The predicted octanol–water partition coefficient (Wildman–Crippen LogP) is 1.59. The van der Waals surface area contributed by atoms with Gasteiger partial charge in [-0.05, 0) is 19.1 Å². The summed E-state index contributed by atoms with van der Waals surface area (Å²) < 4.78 is 5.20. The Labute approximate surface area is 81.4 Å². The van der Waals surface area contributed by atoms with Gasteiger partial charge in [-0.2, -0.15) is 0 Å². The van der Waals surface area contributed by atoms with E-state index in [1.54, 1.807) is 31.2 Å². The van der Waals surface area contributed by atoms with E-state index in [1.807, 2.05) is 0 Å². The topological polar surface area (TPSA) is 52.3 Å². The normalized spacial score (nSPS) is 12.2. The molecule has 0 aliphatic carbocycles. The van der Waals surface area contributed by atoms with Crippen LogP contribution in [0.5, 0.6) is 5.75 Å². The van der Waals surface area contributed by atoms with Gasteiger partial charge < -0.3 is 10.5 Å². The second-order valence-corrected chi connectivity index (χ2v) is 3.00. The number of hydrogen-bond acceptors (Lipinski definition) is 2. The Bertz CT molecular complexity index is 314. The summed E-state index contributed by atoms with van der Waals surface area (Å²) >= 11 is 5.80. The highest BCUT2D eigenvalue weighted by Gasteiger charge is 2.11. The quantitative estimate of drug-likeness (QED) is 0.804. The van der Waals surface area contributed by atoms with Gasteiger partial charge in [0.15, 0.2) is 6.10 Å². The molecule has 3 nitrogen and oxygen atoms in total. The van der Waals surface area contributed by atoms with Gasteiger partial charge >= 0.3 is 0 Å². The number of amides is 1. The fraction of sp³-hybridized carbons (Fsp3) is 0.222. The molecule has 0 saturated carbocycles. The molecule has 0 aliphatic rings. The van der Waals surface area contributed by atoms with E-state index >= 15 is 0 Å². The van der Waals surface area contributed by atoms with Crippen LogP contribution in [0.25, 0.3) is 0 Å². The van der Waals surface area contributed by atoms with E-state index in [2.05, 4.69) is 0 Å². The predicted molar refractivity (Wildman–Crippen MR) is 50.7 cm³/mol. The van der Waals surface area contributed by atoms with Crippen molar-refractivity contribution in [3.05, 3.63) is 29.3 Å². The molecular weight excluding hydrogens is 190 g/mol. The maximum Gasteiger partial charge on any atom is 0.258 e. The maximum absolute atomic E-state index is 10.7. The molecule has 0 fully saturated rings. The van der Waals surface area contributed by atoms with Gasteiger partial charge in [0.25, 0.3) is 5.91 Å². The summed E-state index contributed by atoms with van der Waals surface area (Å²) in [7, 11) is 0. The van der Waals surface area contributed by atoms with Gasteiger partial charge in [-0.15, -0.1) is 0 Å². The van der Waals surface area contributed by atoms with Crippen molar-refractivity contribution < 1.29 is 9.53 Å². The Morgan fingerprint density at radius 2 is 2.15 bits per heavy atom. The molecule has 1 rings (SSSR count). The van der Waals surface area contributed by atoms with Crippen LogP contribution in [0.1, 0.15) is 6.92 Å². The Hall–Kier alpha value is -1.22. The number of primary amides is 1. The number of ether oxygens (including phenoxy) is 1. The smallest absolute Gasteiger partial charge is 0.258 e. The molecule has 1 aromatic rings. The number of carbonyl (C=O) groups excluding carboxylic acids is 1. The first kappa shape index (κ1) is 9.86. The second kappa shape index (κ2) is 4.14. The molecule has 0 spiro atoms. The van der Waals surface area contributed by atoms with Crippen molar-refractivity contribution in [1.82, 2.24) is 0 Å². The van der Waals surface area contributed by atoms with Crippen LogP contribution < -0.4 is 10.5 Å². The average Bonchev–Trinajstić information content (AvgIpc) is 2.08. The molecule has 0 aromatic heterocycles. The fourth-order valence-corrected chi connectivity index (χ4v) is 0.969. The lowest BCUT2D eigenvalue weighted by atomic mass is 10.3. The Morgan fingerprint density at radius 3 is 2.69 bits per heavy atom. The maximum atomic E-state index is 10.7. The first-order valence-corrected chi connectivity index (χ1v) is 4.19. The average molecular weight is 200 g/mol. The molecule has 0 aliphatic heterocycles. The molecule has 0 heterocycles. The van der Waals surface area contributed by atoms with Crippen LogP contribution in [0.15, 0.2) is 24.3 Å². The minimum absolute atomic E-state index is 0.468. The Balaban J connectivity index is 2.74. The van der Waals surface area contributed by atoms with Crippen molar-refractivity contribution >= 4 is 17.5 Å². The molecule has 70 valence electrons. The Kier molecular flexibility index (Phi) is 3.14. The third-order valence-corrected chi connectivity index (χ3v) is 1.85. The summed E-state index contributed by atoms with van der Waals surface area (Å²) in [6.07, 6.45) is -0.667. The molecule has 0 bridgehead atoms. The van der Waals surface area contributed by atoms with Crippen molar-refractivity contribution in [2.24, 2.45) is 5.73 Å². The van der Waals surface area contributed by atoms with Crippen molar-refractivity contribution in [2.75, 3.05) is 0 Å². The second-order valence-electron chi connectivity index (χ2n) is 2.59. The van der Waals surface area contributed by atoms with Gasteiger partial charge in [0.05, 0.1) is 5.02 Å². The summed E-state index contributed by atoms with van der Waals surface area (Å²) in [4.78, 5) is 10.7. The number of para-hydroxylation sites is 1.